The molecule has 2 aromatic carbocycles. The van der Waals surface area contributed by atoms with E-state index in [1.807, 2.05) is 24.3 Å². The molecule has 0 radical (unpaired) electrons. The summed E-state index contributed by atoms with van der Waals surface area (Å²) in [5.74, 6) is 0.540. The molecule has 1 aliphatic rings. The second-order valence-corrected chi connectivity index (χ2v) is 7.45. The molecule has 0 aromatic heterocycles. The maximum atomic E-state index is 12.6. The van der Waals surface area contributed by atoms with Crippen molar-refractivity contribution in [3.63, 3.8) is 0 Å². The lowest BCUT2D eigenvalue weighted by atomic mass is 10.0. The van der Waals surface area contributed by atoms with E-state index in [9.17, 15) is 8.42 Å². The molecule has 1 heterocycles. The number of para-hydroxylation sites is 1. The minimum Gasteiger partial charge on any atom is -0.493 e. The lowest BCUT2D eigenvalue weighted by molar-refractivity contribution is 0.337. The smallest absolute Gasteiger partial charge is 0.181 e. The number of halogens is 1. The van der Waals surface area contributed by atoms with Crippen molar-refractivity contribution in [3.05, 3.63) is 53.1 Å². The van der Waals surface area contributed by atoms with E-state index in [0.717, 1.165) is 11.3 Å². The Morgan fingerprint density at radius 3 is 2.76 bits per heavy atom. The van der Waals surface area contributed by atoms with E-state index in [2.05, 4.69) is 0 Å². The minimum atomic E-state index is -3.50. The Kier molecular flexibility index (Phi) is 3.55. The zero-order chi connectivity index (χ0) is 15.0. The highest BCUT2D eigenvalue weighted by molar-refractivity contribution is 7.91. The van der Waals surface area contributed by atoms with Gasteiger partial charge in [0.05, 0.1) is 22.9 Å². The first-order chi connectivity index (χ1) is 9.97. The molecule has 0 spiro atoms. The van der Waals surface area contributed by atoms with Crippen molar-refractivity contribution in [2.45, 2.75) is 10.8 Å². The molecule has 21 heavy (non-hydrogen) atoms. The van der Waals surface area contributed by atoms with Crippen LogP contribution in [0, 0.1) is 0 Å². The molecule has 1 unspecified atom stereocenters. The fraction of sp³-hybridized carbons (Fsp3) is 0.200. The lowest BCUT2D eigenvalue weighted by Gasteiger charge is -2.12. The summed E-state index contributed by atoms with van der Waals surface area (Å²) in [6, 6.07) is 11.9. The quantitative estimate of drug-likeness (QED) is 0.882. The van der Waals surface area contributed by atoms with Crippen molar-refractivity contribution in [2.24, 2.45) is 0 Å². The molecule has 0 amide bonds. The first-order valence-electron chi connectivity index (χ1n) is 6.47. The first kappa shape index (κ1) is 14.2. The van der Waals surface area contributed by atoms with Gasteiger partial charge in [-0.3, -0.25) is 0 Å². The summed E-state index contributed by atoms with van der Waals surface area (Å²) in [6.45, 7) is 0.367. The van der Waals surface area contributed by atoms with E-state index in [4.69, 9.17) is 22.1 Å². The van der Waals surface area contributed by atoms with E-state index in [1.54, 1.807) is 0 Å². The third-order valence-corrected chi connectivity index (χ3v) is 5.64. The van der Waals surface area contributed by atoms with E-state index < -0.39 is 9.84 Å². The van der Waals surface area contributed by atoms with Gasteiger partial charge in [-0.05, 0) is 24.3 Å². The van der Waals surface area contributed by atoms with Crippen LogP contribution in [0.3, 0.4) is 0 Å². The number of nitrogens with two attached hydrogens (primary N) is 1. The van der Waals surface area contributed by atoms with Gasteiger partial charge in [0, 0.05) is 16.5 Å². The Labute approximate surface area is 128 Å². The van der Waals surface area contributed by atoms with Gasteiger partial charge in [-0.2, -0.15) is 0 Å². The number of anilines is 1. The molecule has 110 valence electrons. The van der Waals surface area contributed by atoms with E-state index in [0.29, 0.717) is 11.6 Å². The van der Waals surface area contributed by atoms with Crippen molar-refractivity contribution >= 4 is 27.1 Å². The second kappa shape index (κ2) is 5.24. The largest absolute Gasteiger partial charge is 0.493 e. The van der Waals surface area contributed by atoms with Crippen LogP contribution in [-0.4, -0.2) is 20.8 Å². The zero-order valence-electron chi connectivity index (χ0n) is 11.1. The van der Waals surface area contributed by atoms with Crippen molar-refractivity contribution in [2.75, 3.05) is 18.1 Å². The Morgan fingerprint density at radius 1 is 1.24 bits per heavy atom. The van der Waals surface area contributed by atoms with Crippen LogP contribution in [-0.2, 0) is 9.84 Å². The Bertz CT molecular complexity index is 789. The molecule has 0 aliphatic carbocycles. The lowest BCUT2D eigenvalue weighted by Crippen LogP contribution is -2.17. The molecule has 0 bridgehead atoms. The molecular formula is C15H14ClNO3S. The zero-order valence-corrected chi connectivity index (χ0v) is 12.7. The molecular weight excluding hydrogens is 310 g/mol. The predicted octanol–water partition coefficient (Wildman–Crippen LogP) is 2.87. The molecule has 0 saturated heterocycles. The molecule has 6 heteroatoms. The fourth-order valence-electron chi connectivity index (χ4n) is 2.52. The number of hydrogen-bond donors (Lipinski definition) is 1. The summed E-state index contributed by atoms with van der Waals surface area (Å²) >= 11 is 5.81. The van der Waals surface area contributed by atoms with Gasteiger partial charge in [0.15, 0.2) is 9.84 Å². The van der Waals surface area contributed by atoms with Crippen molar-refractivity contribution < 1.29 is 13.2 Å². The van der Waals surface area contributed by atoms with Gasteiger partial charge >= 0.3 is 0 Å². The number of benzene rings is 2. The fourth-order valence-corrected chi connectivity index (χ4v) is 4.38. The minimum absolute atomic E-state index is 0.0319. The van der Waals surface area contributed by atoms with Crippen LogP contribution in [0.25, 0.3) is 0 Å². The van der Waals surface area contributed by atoms with E-state index >= 15 is 0 Å². The number of ether oxygens (including phenoxy) is 1. The van der Waals surface area contributed by atoms with Crippen LogP contribution in [0.2, 0.25) is 5.02 Å². The van der Waals surface area contributed by atoms with Crippen LogP contribution in [0.5, 0.6) is 5.75 Å². The van der Waals surface area contributed by atoms with Gasteiger partial charge in [-0.25, -0.2) is 8.42 Å². The van der Waals surface area contributed by atoms with E-state index in [-0.39, 0.29) is 22.3 Å². The SMILES string of the molecule is Nc1cc(Cl)ccc1S(=O)(=O)CC1COc2ccccc21. The van der Waals surface area contributed by atoms with Gasteiger partial charge in [0.2, 0.25) is 0 Å². The number of nitrogen functional groups attached to an aromatic ring is 1. The molecule has 3 rings (SSSR count). The van der Waals surface area contributed by atoms with Crippen molar-refractivity contribution in [3.8, 4) is 5.75 Å². The van der Waals surface area contributed by atoms with Crippen LogP contribution in [0.4, 0.5) is 5.69 Å². The molecule has 1 aliphatic heterocycles. The predicted molar refractivity (Wildman–Crippen MR) is 82.6 cm³/mol. The third-order valence-electron chi connectivity index (χ3n) is 3.53. The van der Waals surface area contributed by atoms with Crippen LogP contribution in [0.1, 0.15) is 11.5 Å². The number of hydrogen-bond acceptors (Lipinski definition) is 4. The number of rotatable bonds is 3. The number of sulfone groups is 1. The van der Waals surface area contributed by atoms with Gasteiger partial charge in [0.1, 0.15) is 5.75 Å². The average Bonchev–Trinajstić information content (AvgIpc) is 2.81. The topological polar surface area (TPSA) is 69.4 Å². The highest BCUT2D eigenvalue weighted by Gasteiger charge is 2.30. The van der Waals surface area contributed by atoms with Crippen LogP contribution >= 0.6 is 11.6 Å². The third kappa shape index (κ3) is 2.71. The van der Waals surface area contributed by atoms with Crippen LogP contribution < -0.4 is 10.5 Å². The maximum Gasteiger partial charge on any atom is 0.181 e. The summed E-state index contributed by atoms with van der Waals surface area (Å²) in [6.07, 6.45) is 0. The summed E-state index contributed by atoms with van der Waals surface area (Å²) in [4.78, 5) is 0.122. The maximum absolute atomic E-state index is 12.6. The Hall–Kier alpha value is -1.72. The van der Waals surface area contributed by atoms with Crippen molar-refractivity contribution in [1.29, 1.82) is 0 Å². The summed E-state index contributed by atoms with van der Waals surface area (Å²) in [5, 5.41) is 0.418. The molecule has 2 N–H and O–H groups in total. The summed E-state index contributed by atoms with van der Waals surface area (Å²) < 4.78 is 30.6. The second-order valence-electron chi connectivity index (χ2n) is 5.01. The van der Waals surface area contributed by atoms with Crippen molar-refractivity contribution in [1.82, 2.24) is 0 Å². The summed E-state index contributed by atoms with van der Waals surface area (Å²) in [7, 11) is -3.50. The first-order valence-corrected chi connectivity index (χ1v) is 8.50. The Morgan fingerprint density at radius 2 is 2.00 bits per heavy atom. The van der Waals surface area contributed by atoms with Gasteiger partial charge in [0.25, 0.3) is 0 Å². The van der Waals surface area contributed by atoms with Gasteiger partial charge < -0.3 is 10.5 Å². The molecule has 0 saturated carbocycles. The normalized spacial score (nSPS) is 17.3. The number of fused-ring (bicyclic) bond motifs is 1. The van der Waals surface area contributed by atoms with Crippen LogP contribution in [0.15, 0.2) is 47.4 Å². The molecule has 0 fully saturated rings. The molecule has 4 nitrogen and oxygen atoms in total. The summed E-state index contributed by atoms with van der Waals surface area (Å²) in [5.41, 5.74) is 6.88. The monoisotopic (exact) mass is 323 g/mol. The van der Waals surface area contributed by atoms with Gasteiger partial charge in [-0.15, -0.1) is 0 Å². The van der Waals surface area contributed by atoms with Gasteiger partial charge in [-0.1, -0.05) is 29.8 Å². The average molecular weight is 324 g/mol. The highest BCUT2D eigenvalue weighted by atomic mass is 35.5. The van der Waals surface area contributed by atoms with E-state index in [1.165, 1.54) is 18.2 Å². The Balaban J connectivity index is 1.91. The molecule has 2 aromatic rings. The standard InChI is InChI=1S/C15H14ClNO3S/c16-11-5-6-15(13(17)7-11)21(18,19)9-10-8-20-14-4-2-1-3-12(10)14/h1-7,10H,8-9,17H2. The highest BCUT2D eigenvalue weighted by Crippen LogP contribution is 2.36. The molecule has 1 atom stereocenters.